The zero-order valence-electron chi connectivity index (χ0n) is 12.6. The van der Waals surface area contributed by atoms with E-state index >= 15 is 0 Å². The number of anilines is 1. The normalized spacial score (nSPS) is 12.1. The summed E-state index contributed by atoms with van der Waals surface area (Å²) in [6.45, 7) is 1.68. The van der Waals surface area contributed by atoms with E-state index in [-0.39, 0.29) is 16.3 Å². The number of methoxy groups -OCH3 is 1. The Balaban J connectivity index is 2.46. The van der Waals surface area contributed by atoms with Gasteiger partial charge in [0.1, 0.15) is 10.6 Å². The smallest absolute Gasteiger partial charge is 0.417 e. The standard InChI is InChI=1S/C15H13ClF3NO3S/c1-9-3-6-13(23-2)14(7-9)24(21,22)20-10-4-5-12(16)11(8-10)15(17,18)19/h3-8,20H,1-2H3. The summed E-state index contributed by atoms with van der Waals surface area (Å²) < 4.78 is 70.7. The molecule has 0 aliphatic carbocycles. The molecule has 0 aromatic heterocycles. The zero-order valence-corrected chi connectivity index (χ0v) is 14.2. The van der Waals surface area contributed by atoms with Gasteiger partial charge in [0.2, 0.25) is 0 Å². The maximum absolute atomic E-state index is 12.9. The zero-order chi connectivity index (χ0) is 18.1. The number of alkyl halides is 3. The van der Waals surface area contributed by atoms with Crippen LogP contribution in [0.4, 0.5) is 18.9 Å². The van der Waals surface area contributed by atoms with Crippen molar-refractivity contribution >= 4 is 27.3 Å². The molecule has 0 saturated carbocycles. The second-order valence-electron chi connectivity index (χ2n) is 4.95. The van der Waals surface area contributed by atoms with Crippen LogP contribution in [0.1, 0.15) is 11.1 Å². The van der Waals surface area contributed by atoms with Gasteiger partial charge in [-0.15, -0.1) is 0 Å². The van der Waals surface area contributed by atoms with Gasteiger partial charge in [-0.3, -0.25) is 4.72 Å². The topological polar surface area (TPSA) is 55.4 Å². The summed E-state index contributed by atoms with van der Waals surface area (Å²) in [5, 5.41) is -0.515. The Morgan fingerprint density at radius 1 is 1.12 bits per heavy atom. The number of hydrogen-bond donors (Lipinski definition) is 1. The predicted molar refractivity (Wildman–Crippen MR) is 85.0 cm³/mol. The highest BCUT2D eigenvalue weighted by Crippen LogP contribution is 2.37. The van der Waals surface area contributed by atoms with Gasteiger partial charge in [0.05, 0.1) is 17.7 Å². The minimum absolute atomic E-state index is 0.0816. The van der Waals surface area contributed by atoms with Crippen molar-refractivity contribution in [3.63, 3.8) is 0 Å². The van der Waals surface area contributed by atoms with Crippen LogP contribution in [0.2, 0.25) is 5.02 Å². The fraction of sp³-hybridized carbons (Fsp3) is 0.200. The molecule has 0 atom stereocenters. The van der Waals surface area contributed by atoms with Crippen LogP contribution >= 0.6 is 11.6 Å². The van der Waals surface area contributed by atoms with E-state index in [4.69, 9.17) is 16.3 Å². The first-order valence-electron chi connectivity index (χ1n) is 6.59. The largest absolute Gasteiger partial charge is 0.495 e. The maximum Gasteiger partial charge on any atom is 0.417 e. The summed E-state index contributed by atoms with van der Waals surface area (Å²) in [4.78, 5) is -0.173. The van der Waals surface area contributed by atoms with Gasteiger partial charge in [-0.1, -0.05) is 17.7 Å². The van der Waals surface area contributed by atoms with Crippen LogP contribution in [-0.2, 0) is 16.2 Å². The van der Waals surface area contributed by atoms with Crippen molar-refractivity contribution in [2.24, 2.45) is 0 Å². The Morgan fingerprint density at radius 3 is 2.38 bits per heavy atom. The molecule has 130 valence electrons. The molecule has 0 amide bonds. The quantitative estimate of drug-likeness (QED) is 0.852. The number of sulfonamides is 1. The summed E-state index contributed by atoms with van der Waals surface area (Å²) >= 11 is 5.52. The summed E-state index contributed by atoms with van der Waals surface area (Å²) in [7, 11) is -2.84. The van der Waals surface area contributed by atoms with E-state index in [1.54, 1.807) is 13.0 Å². The maximum atomic E-state index is 12.9. The van der Waals surface area contributed by atoms with Gasteiger partial charge in [0.25, 0.3) is 10.0 Å². The molecule has 4 nitrogen and oxygen atoms in total. The Labute approximate surface area is 142 Å². The first-order chi connectivity index (χ1) is 11.0. The third-order valence-corrected chi connectivity index (χ3v) is 4.86. The minimum atomic E-state index is -4.69. The van der Waals surface area contributed by atoms with E-state index in [1.165, 1.54) is 19.2 Å². The SMILES string of the molecule is COc1ccc(C)cc1S(=O)(=O)Nc1ccc(Cl)c(C(F)(F)F)c1. The number of nitrogens with one attached hydrogen (secondary N) is 1. The average Bonchev–Trinajstić information content (AvgIpc) is 2.48. The molecular formula is C15H13ClF3NO3S. The van der Waals surface area contributed by atoms with Crippen LogP contribution in [0.5, 0.6) is 5.75 Å². The molecule has 0 bridgehead atoms. The highest BCUT2D eigenvalue weighted by Gasteiger charge is 2.33. The molecule has 0 radical (unpaired) electrons. The van der Waals surface area contributed by atoms with Gasteiger partial charge in [0.15, 0.2) is 0 Å². The summed E-state index contributed by atoms with van der Waals surface area (Å²) in [6.07, 6.45) is -4.69. The van der Waals surface area contributed by atoms with Crippen molar-refractivity contribution in [2.45, 2.75) is 18.0 Å². The Bertz CT molecular complexity index is 867. The molecule has 0 fully saturated rings. The number of halogens is 4. The van der Waals surface area contributed by atoms with Crippen molar-refractivity contribution in [1.82, 2.24) is 0 Å². The minimum Gasteiger partial charge on any atom is -0.495 e. The summed E-state index contributed by atoms with van der Waals surface area (Å²) in [6, 6.07) is 7.26. The summed E-state index contributed by atoms with van der Waals surface area (Å²) in [5.74, 6) is 0.0816. The Kier molecular flexibility index (Phi) is 5.00. The molecule has 2 aromatic rings. The van der Waals surface area contributed by atoms with E-state index in [0.29, 0.717) is 11.6 Å². The van der Waals surface area contributed by atoms with Crippen molar-refractivity contribution in [1.29, 1.82) is 0 Å². The summed E-state index contributed by atoms with van der Waals surface area (Å²) in [5.41, 5.74) is -0.723. The average molecular weight is 380 g/mol. The molecule has 0 heterocycles. The Morgan fingerprint density at radius 2 is 1.79 bits per heavy atom. The van der Waals surface area contributed by atoms with Gasteiger partial charge in [-0.2, -0.15) is 13.2 Å². The van der Waals surface area contributed by atoms with E-state index in [1.807, 2.05) is 0 Å². The lowest BCUT2D eigenvalue weighted by molar-refractivity contribution is -0.137. The molecule has 2 rings (SSSR count). The van der Waals surface area contributed by atoms with Crippen LogP contribution in [0.3, 0.4) is 0 Å². The first-order valence-corrected chi connectivity index (χ1v) is 8.45. The monoisotopic (exact) mass is 379 g/mol. The number of ether oxygens (including phenoxy) is 1. The van der Waals surface area contributed by atoms with Gasteiger partial charge in [-0.25, -0.2) is 8.42 Å². The molecule has 1 N–H and O–H groups in total. The van der Waals surface area contributed by atoms with E-state index < -0.39 is 26.8 Å². The van der Waals surface area contributed by atoms with Crippen LogP contribution in [0.25, 0.3) is 0 Å². The van der Waals surface area contributed by atoms with Gasteiger partial charge >= 0.3 is 6.18 Å². The molecular weight excluding hydrogens is 367 g/mol. The second-order valence-corrected chi connectivity index (χ2v) is 7.01. The first kappa shape index (κ1) is 18.4. The second kappa shape index (κ2) is 6.52. The van der Waals surface area contributed by atoms with Crippen LogP contribution in [-0.4, -0.2) is 15.5 Å². The van der Waals surface area contributed by atoms with Crippen LogP contribution in [0.15, 0.2) is 41.3 Å². The third-order valence-electron chi connectivity index (χ3n) is 3.13. The molecule has 0 unspecified atom stereocenters. The molecule has 0 aliphatic rings. The van der Waals surface area contributed by atoms with Gasteiger partial charge < -0.3 is 4.74 Å². The van der Waals surface area contributed by atoms with E-state index in [2.05, 4.69) is 4.72 Å². The van der Waals surface area contributed by atoms with Gasteiger partial charge in [-0.05, 0) is 42.8 Å². The molecule has 0 saturated heterocycles. The van der Waals surface area contributed by atoms with Crippen molar-refractivity contribution in [3.05, 3.63) is 52.5 Å². The molecule has 9 heteroatoms. The number of hydrogen-bond acceptors (Lipinski definition) is 3. The molecule has 24 heavy (non-hydrogen) atoms. The van der Waals surface area contributed by atoms with Crippen molar-refractivity contribution in [3.8, 4) is 5.75 Å². The highest BCUT2D eigenvalue weighted by atomic mass is 35.5. The van der Waals surface area contributed by atoms with E-state index in [9.17, 15) is 21.6 Å². The van der Waals surface area contributed by atoms with Crippen LogP contribution in [0, 0.1) is 6.92 Å². The van der Waals surface area contributed by atoms with Gasteiger partial charge in [0, 0.05) is 5.69 Å². The molecule has 0 spiro atoms. The van der Waals surface area contributed by atoms with E-state index in [0.717, 1.165) is 12.1 Å². The lowest BCUT2D eigenvalue weighted by atomic mass is 10.2. The number of aryl methyl sites for hydroxylation is 1. The third kappa shape index (κ3) is 3.93. The van der Waals surface area contributed by atoms with Crippen molar-refractivity contribution in [2.75, 3.05) is 11.8 Å². The fourth-order valence-electron chi connectivity index (χ4n) is 2.01. The molecule has 2 aromatic carbocycles. The Hall–Kier alpha value is -1.93. The van der Waals surface area contributed by atoms with Crippen molar-refractivity contribution < 1.29 is 26.3 Å². The number of benzene rings is 2. The van der Waals surface area contributed by atoms with Crippen LogP contribution < -0.4 is 9.46 Å². The lowest BCUT2D eigenvalue weighted by Crippen LogP contribution is -2.15. The predicted octanol–water partition coefficient (Wildman–Crippen LogP) is 4.48. The number of rotatable bonds is 4. The highest BCUT2D eigenvalue weighted by molar-refractivity contribution is 7.92. The molecule has 0 aliphatic heterocycles. The fourth-order valence-corrected chi connectivity index (χ4v) is 3.54. The lowest BCUT2D eigenvalue weighted by Gasteiger charge is -2.14.